The number of nitrogens with one attached hydrogen (secondary N) is 1. The van der Waals surface area contributed by atoms with E-state index in [2.05, 4.69) is 10.5 Å². The molecule has 2 rings (SSSR count). The fourth-order valence-corrected chi connectivity index (χ4v) is 2.30. The molecule has 0 saturated heterocycles. The third kappa shape index (κ3) is 4.13. The molecule has 1 heterocycles. The maximum absolute atomic E-state index is 5.89. The van der Waals surface area contributed by atoms with Crippen molar-refractivity contribution in [1.29, 1.82) is 0 Å². The predicted molar refractivity (Wildman–Crippen MR) is 65.5 cm³/mol. The van der Waals surface area contributed by atoms with Crippen LogP contribution < -0.4 is 5.32 Å². The summed E-state index contributed by atoms with van der Waals surface area (Å²) in [5.74, 6) is 0.833. The van der Waals surface area contributed by atoms with Crippen LogP contribution in [0.15, 0.2) is 10.6 Å². The second-order valence-corrected chi connectivity index (χ2v) is 4.74. The van der Waals surface area contributed by atoms with Crippen LogP contribution in [0.25, 0.3) is 0 Å². The van der Waals surface area contributed by atoms with Gasteiger partial charge in [-0.25, -0.2) is 0 Å². The van der Waals surface area contributed by atoms with Crippen LogP contribution in [0.2, 0.25) is 0 Å². The number of ether oxygens (including phenoxy) is 1. The number of hydrogen-bond acceptors (Lipinski definition) is 4. The SMILES string of the molecule is CNCc1cc(COC2CCCCCC2)on1. The number of rotatable bonds is 5. The van der Waals surface area contributed by atoms with Gasteiger partial charge in [0.2, 0.25) is 0 Å². The van der Waals surface area contributed by atoms with E-state index in [0.717, 1.165) is 18.0 Å². The summed E-state index contributed by atoms with van der Waals surface area (Å²) in [6, 6.07) is 1.97. The van der Waals surface area contributed by atoms with Gasteiger partial charge in [0.1, 0.15) is 6.61 Å². The normalized spacial score (nSPS) is 18.2. The largest absolute Gasteiger partial charge is 0.370 e. The van der Waals surface area contributed by atoms with E-state index in [1.54, 1.807) is 0 Å². The van der Waals surface area contributed by atoms with Gasteiger partial charge in [0.05, 0.1) is 11.8 Å². The van der Waals surface area contributed by atoms with Gasteiger partial charge in [0.25, 0.3) is 0 Å². The van der Waals surface area contributed by atoms with E-state index in [1.165, 1.54) is 38.5 Å². The zero-order valence-corrected chi connectivity index (χ0v) is 10.6. The van der Waals surface area contributed by atoms with Crippen molar-refractivity contribution in [3.05, 3.63) is 17.5 Å². The second kappa shape index (κ2) is 6.77. The number of nitrogens with zero attached hydrogens (tertiary/aromatic N) is 1. The Bertz CT molecular complexity index is 317. The van der Waals surface area contributed by atoms with Gasteiger partial charge < -0.3 is 14.6 Å². The van der Waals surface area contributed by atoms with Crippen molar-refractivity contribution in [3.63, 3.8) is 0 Å². The highest BCUT2D eigenvalue weighted by Gasteiger charge is 2.13. The third-order valence-corrected chi connectivity index (χ3v) is 3.23. The minimum atomic E-state index is 0.412. The van der Waals surface area contributed by atoms with Crippen molar-refractivity contribution in [3.8, 4) is 0 Å². The van der Waals surface area contributed by atoms with Gasteiger partial charge >= 0.3 is 0 Å². The van der Waals surface area contributed by atoms with Crippen LogP contribution in [0, 0.1) is 0 Å². The fraction of sp³-hybridized carbons (Fsp3) is 0.769. The molecule has 0 aliphatic heterocycles. The highest BCUT2D eigenvalue weighted by atomic mass is 16.5. The Morgan fingerprint density at radius 2 is 2.12 bits per heavy atom. The molecule has 1 aromatic rings. The van der Waals surface area contributed by atoms with Crippen LogP contribution in [-0.2, 0) is 17.9 Å². The fourth-order valence-electron chi connectivity index (χ4n) is 2.30. The van der Waals surface area contributed by atoms with Gasteiger partial charge in [-0.1, -0.05) is 30.8 Å². The Morgan fingerprint density at radius 1 is 1.35 bits per heavy atom. The van der Waals surface area contributed by atoms with E-state index in [1.807, 2.05) is 13.1 Å². The molecule has 1 aromatic heterocycles. The molecule has 4 heteroatoms. The summed E-state index contributed by atoms with van der Waals surface area (Å²) < 4.78 is 11.1. The lowest BCUT2D eigenvalue weighted by Gasteiger charge is -2.13. The van der Waals surface area contributed by atoms with Gasteiger partial charge in [-0.05, 0) is 19.9 Å². The van der Waals surface area contributed by atoms with Crippen LogP contribution in [0.1, 0.15) is 50.0 Å². The summed E-state index contributed by atoms with van der Waals surface area (Å²) in [7, 11) is 1.90. The van der Waals surface area contributed by atoms with E-state index >= 15 is 0 Å². The first-order valence-electron chi connectivity index (χ1n) is 6.59. The van der Waals surface area contributed by atoms with Gasteiger partial charge in [-0.15, -0.1) is 0 Å². The Morgan fingerprint density at radius 3 is 2.82 bits per heavy atom. The minimum Gasteiger partial charge on any atom is -0.370 e. The van der Waals surface area contributed by atoms with Crippen molar-refractivity contribution in [2.45, 2.75) is 57.8 Å². The first-order chi connectivity index (χ1) is 8.38. The van der Waals surface area contributed by atoms with E-state index in [4.69, 9.17) is 9.26 Å². The first kappa shape index (κ1) is 12.6. The molecular formula is C13H22N2O2. The topological polar surface area (TPSA) is 47.3 Å². The lowest BCUT2D eigenvalue weighted by molar-refractivity contribution is 0.0195. The van der Waals surface area contributed by atoms with Crippen molar-refractivity contribution in [1.82, 2.24) is 10.5 Å². The molecule has 0 radical (unpaired) electrons. The van der Waals surface area contributed by atoms with Crippen molar-refractivity contribution < 1.29 is 9.26 Å². The lowest BCUT2D eigenvalue weighted by Crippen LogP contribution is -2.11. The van der Waals surface area contributed by atoms with E-state index in [0.29, 0.717) is 12.7 Å². The van der Waals surface area contributed by atoms with E-state index < -0.39 is 0 Å². The molecule has 0 spiro atoms. The molecule has 0 atom stereocenters. The maximum atomic E-state index is 5.89. The zero-order chi connectivity index (χ0) is 11.9. The second-order valence-electron chi connectivity index (χ2n) is 4.74. The molecule has 1 N–H and O–H groups in total. The quantitative estimate of drug-likeness (QED) is 0.801. The molecule has 0 bridgehead atoms. The Hall–Kier alpha value is -0.870. The van der Waals surface area contributed by atoms with Crippen LogP contribution in [-0.4, -0.2) is 18.3 Å². The highest BCUT2D eigenvalue weighted by molar-refractivity contribution is 5.04. The molecular weight excluding hydrogens is 216 g/mol. The van der Waals surface area contributed by atoms with Crippen LogP contribution in [0.5, 0.6) is 0 Å². The first-order valence-corrected chi connectivity index (χ1v) is 6.59. The van der Waals surface area contributed by atoms with Crippen molar-refractivity contribution in [2.75, 3.05) is 7.05 Å². The van der Waals surface area contributed by atoms with Gasteiger partial charge in [-0.3, -0.25) is 0 Å². The van der Waals surface area contributed by atoms with Gasteiger partial charge in [0, 0.05) is 12.6 Å². The summed E-state index contributed by atoms with van der Waals surface area (Å²) in [6.45, 7) is 1.30. The van der Waals surface area contributed by atoms with Gasteiger partial charge in [0.15, 0.2) is 5.76 Å². The summed E-state index contributed by atoms with van der Waals surface area (Å²) in [5.41, 5.74) is 0.937. The molecule has 17 heavy (non-hydrogen) atoms. The Labute approximate surface area is 103 Å². The molecule has 4 nitrogen and oxygen atoms in total. The summed E-state index contributed by atoms with van der Waals surface area (Å²) >= 11 is 0. The smallest absolute Gasteiger partial charge is 0.162 e. The lowest BCUT2D eigenvalue weighted by atomic mass is 10.1. The average molecular weight is 238 g/mol. The summed E-state index contributed by atoms with van der Waals surface area (Å²) in [4.78, 5) is 0. The molecule has 1 saturated carbocycles. The summed E-state index contributed by atoms with van der Waals surface area (Å²) in [5, 5.41) is 7.02. The van der Waals surface area contributed by atoms with E-state index in [-0.39, 0.29) is 0 Å². The van der Waals surface area contributed by atoms with Crippen LogP contribution in [0.4, 0.5) is 0 Å². The average Bonchev–Trinajstić information content (AvgIpc) is 2.63. The molecule has 1 fully saturated rings. The monoisotopic (exact) mass is 238 g/mol. The molecule has 0 aromatic carbocycles. The number of hydrogen-bond donors (Lipinski definition) is 1. The molecule has 0 unspecified atom stereocenters. The van der Waals surface area contributed by atoms with Gasteiger partial charge in [-0.2, -0.15) is 0 Å². The van der Waals surface area contributed by atoms with Crippen molar-refractivity contribution >= 4 is 0 Å². The molecule has 1 aliphatic carbocycles. The molecule has 1 aliphatic rings. The highest BCUT2D eigenvalue weighted by Crippen LogP contribution is 2.21. The number of aromatic nitrogens is 1. The molecule has 96 valence electrons. The maximum Gasteiger partial charge on any atom is 0.162 e. The Balaban J connectivity index is 1.75. The standard InChI is InChI=1S/C13H22N2O2/c1-14-9-11-8-13(17-15-11)10-16-12-6-4-2-3-5-7-12/h8,12,14H,2-7,9-10H2,1H3. The minimum absolute atomic E-state index is 0.412. The third-order valence-electron chi connectivity index (χ3n) is 3.23. The van der Waals surface area contributed by atoms with Crippen LogP contribution in [0.3, 0.4) is 0 Å². The predicted octanol–water partition coefficient (Wildman–Crippen LogP) is 2.63. The zero-order valence-electron chi connectivity index (χ0n) is 10.6. The van der Waals surface area contributed by atoms with Crippen molar-refractivity contribution in [2.24, 2.45) is 0 Å². The molecule has 0 amide bonds. The van der Waals surface area contributed by atoms with Crippen LogP contribution >= 0.6 is 0 Å². The van der Waals surface area contributed by atoms with E-state index in [9.17, 15) is 0 Å². The Kier molecular flexibility index (Phi) is 5.01. The summed E-state index contributed by atoms with van der Waals surface area (Å²) in [6.07, 6.45) is 8.10.